The minimum absolute atomic E-state index is 0.0306. The van der Waals surface area contributed by atoms with Gasteiger partial charge < -0.3 is 15.4 Å². The van der Waals surface area contributed by atoms with Crippen molar-refractivity contribution in [1.29, 1.82) is 0 Å². The Morgan fingerprint density at radius 1 is 1.54 bits per heavy atom. The predicted molar refractivity (Wildman–Crippen MR) is 92.5 cm³/mol. The number of carbonyl (C=O) groups is 2. The molecular weight excluding hydrogens is 370 g/mol. The number of fused-ring (bicyclic) bond motifs is 1. The van der Waals surface area contributed by atoms with Gasteiger partial charge in [-0.15, -0.1) is 0 Å². The first kappa shape index (κ1) is 19.1. The number of carbonyl (C=O) groups excluding carboxylic acids is 3. The summed E-state index contributed by atoms with van der Waals surface area (Å²) in [6.07, 6.45) is 3.72. The Morgan fingerprint density at radius 2 is 2.29 bits per heavy atom. The van der Waals surface area contributed by atoms with E-state index < -0.39 is 39.5 Å². The van der Waals surface area contributed by atoms with Gasteiger partial charge in [0.2, 0.25) is 0 Å². The second-order valence-corrected chi connectivity index (χ2v) is 6.11. The number of hydrogen-bond donors (Lipinski definition) is 2. The largest absolute Gasteiger partial charge is 0.365 e. The zero-order valence-electron chi connectivity index (χ0n) is 14.9. The number of amides is 2. The van der Waals surface area contributed by atoms with Crippen LogP contribution in [-0.2, 0) is 14.3 Å². The van der Waals surface area contributed by atoms with E-state index in [4.69, 9.17) is 4.74 Å². The predicted octanol–water partition coefficient (Wildman–Crippen LogP) is -0.109. The molecule has 28 heavy (non-hydrogen) atoms. The van der Waals surface area contributed by atoms with E-state index in [1.54, 1.807) is 12.9 Å². The fourth-order valence-electron chi connectivity index (χ4n) is 3.27. The molecule has 1 aliphatic heterocycles. The van der Waals surface area contributed by atoms with Gasteiger partial charge in [0.05, 0.1) is 10.8 Å². The van der Waals surface area contributed by atoms with Gasteiger partial charge in [-0.3, -0.25) is 19.7 Å². The van der Waals surface area contributed by atoms with Crippen LogP contribution in [0.3, 0.4) is 0 Å². The van der Waals surface area contributed by atoms with Crippen LogP contribution in [0.1, 0.15) is 24.3 Å². The van der Waals surface area contributed by atoms with Crippen LogP contribution < -0.4 is 10.6 Å². The zero-order chi connectivity index (χ0) is 20.5. The highest BCUT2D eigenvalue weighted by Gasteiger charge is 2.57. The van der Waals surface area contributed by atoms with Crippen molar-refractivity contribution in [2.75, 3.05) is 6.61 Å². The topological polar surface area (TPSA) is 153 Å². The first-order valence-corrected chi connectivity index (χ1v) is 8.21. The summed E-state index contributed by atoms with van der Waals surface area (Å²) in [6, 6.07) is 1.32. The molecule has 0 aromatic carbocycles. The summed E-state index contributed by atoms with van der Waals surface area (Å²) < 4.78 is 5.52. The van der Waals surface area contributed by atoms with Crippen LogP contribution >= 0.6 is 0 Å². The summed E-state index contributed by atoms with van der Waals surface area (Å²) in [5, 5.41) is 16.6. The van der Waals surface area contributed by atoms with Gasteiger partial charge in [-0.2, -0.15) is 0 Å². The quantitative estimate of drug-likeness (QED) is 0.404. The molecule has 0 bridgehead atoms. The Hall–Kier alpha value is -3.69. The molecule has 0 spiro atoms. The van der Waals surface area contributed by atoms with Crippen LogP contribution in [0.5, 0.6) is 0 Å². The first-order chi connectivity index (χ1) is 13.3. The molecule has 144 valence electrons. The van der Waals surface area contributed by atoms with Crippen LogP contribution in [0.4, 0.5) is 0 Å². The first-order valence-electron chi connectivity index (χ1n) is 8.21. The van der Waals surface area contributed by atoms with E-state index in [1.165, 1.54) is 25.3 Å². The maximum atomic E-state index is 12.4. The third kappa shape index (κ3) is 2.98. The van der Waals surface area contributed by atoms with Crippen molar-refractivity contribution in [2.24, 2.45) is 5.92 Å². The Labute approximate surface area is 158 Å². The van der Waals surface area contributed by atoms with Crippen molar-refractivity contribution in [2.45, 2.75) is 19.4 Å². The summed E-state index contributed by atoms with van der Waals surface area (Å²) in [4.78, 5) is 54.8. The lowest BCUT2D eigenvalue weighted by molar-refractivity contribution is -0.422. The maximum absolute atomic E-state index is 12.4. The molecule has 2 heterocycles. The maximum Gasteiger partial charge on any atom is 0.307 e. The van der Waals surface area contributed by atoms with Crippen molar-refractivity contribution in [3.63, 3.8) is 0 Å². The minimum atomic E-state index is -1.52. The molecule has 1 fully saturated rings. The molecule has 0 saturated carbocycles. The molecule has 2 atom stereocenters. The van der Waals surface area contributed by atoms with E-state index in [-0.39, 0.29) is 23.7 Å². The Morgan fingerprint density at radius 3 is 2.86 bits per heavy atom. The van der Waals surface area contributed by atoms with Crippen molar-refractivity contribution < 1.29 is 24.0 Å². The Kier molecular flexibility index (Phi) is 4.87. The number of nitrogens with one attached hydrogen (secondary N) is 2. The number of nitro groups is 1. The van der Waals surface area contributed by atoms with E-state index in [1.807, 2.05) is 0 Å². The molecule has 1 aliphatic carbocycles. The van der Waals surface area contributed by atoms with Crippen LogP contribution in [0.15, 0.2) is 47.3 Å². The lowest BCUT2D eigenvalue weighted by Crippen LogP contribution is -2.44. The van der Waals surface area contributed by atoms with Crippen molar-refractivity contribution >= 4 is 17.8 Å². The van der Waals surface area contributed by atoms with Crippen LogP contribution in [0.2, 0.25) is 0 Å². The summed E-state index contributed by atoms with van der Waals surface area (Å²) in [7, 11) is 0. The highest BCUT2D eigenvalue weighted by molar-refractivity contribution is 5.96. The lowest BCUT2D eigenvalue weighted by Gasteiger charge is -2.29. The molecule has 2 amide bonds. The molecule has 2 aliphatic rings. The zero-order valence-corrected chi connectivity index (χ0v) is 14.9. The summed E-state index contributed by atoms with van der Waals surface area (Å²) in [5.74, 6) is -0.776. The van der Waals surface area contributed by atoms with E-state index in [2.05, 4.69) is 20.6 Å². The molecule has 3 rings (SSSR count). The van der Waals surface area contributed by atoms with E-state index in [9.17, 15) is 24.5 Å². The normalized spacial score (nSPS) is 23.5. The van der Waals surface area contributed by atoms with Gasteiger partial charge >= 0.3 is 5.70 Å². The Balaban J connectivity index is 2.09. The number of aromatic nitrogens is 2. The lowest BCUT2D eigenvalue weighted by atomic mass is 9.79. The fourth-order valence-corrected chi connectivity index (χ4v) is 3.27. The van der Waals surface area contributed by atoms with Gasteiger partial charge in [-0.25, -0.2) is 14.8 Å². The monoisotopic (exact) mass is 385 g/mol. The molecule has 11 heteroatoms. The SMILES string of the molecule is CCOC1(C)C(=O)NC2=CC(NC(=O)c3ccncn3)=C([N+](=O)[O-])C(=C=O)C21. The number of nitrogens with zero attached hydrogens (tertiary/aromatic N) is 3. The van der Waals surface area contributed by atoms with Crippen LogP contribution in [0, 0.1) is 16.0 Å². The molecule has 1 aromatic rings. The number of hydrogen-bond acceptors (Lipinski definition) is 8. The number of allylic oxidation sites excluding steroid dienone is 2. The van der Waals surface area contributed by atoms with Crippen molar-refractivity contribution in [3.8, 4) is 0 Å². The average Bonchev–Trinajstić information content (AvgIpc) is 2.91. The molecule has 0 radical (unpaired) electrons. The van der Waals surface area contributed by atoms with Gasteiger partial charge in [0, 0.05) is 18.5 Å². The second-order valence-electron chi connectivity index (χ2n) is 6.11. The molecule has 2 unspecified atom stereocenters. The molecule has 1 saturated heterocycles. The van der Waals surface area contributed by atoms with E-state index in [0.717, 1.165) is 6.33 Å². The average molecular weight is 385 g/mol. The highest BCUT2D eigenvalue weighted by atomic mass is 16.6. The van der Waals surface area contributed by atoms with E-state index >= 15 is 0 Å². The molecule has 11 nitrogen and oxygen atoms in total. The molecular formula is C17H15N5O6. The van der Waals surface area contributed by atoms with Gasteiger partial charge in [0.1, 0.15) is 29.2 Å². The van der Waals surface area contributed by atoms with Gasteiger partial charge in [0.25, 0.3) is 11.8 Å². The van der Waals surface area contributed by atoms with Gasteiger partial charge in [-0.1, -0.05) is 0 Å². The standard InChI is InChI=1S/C17H15N5O6/c1-3-28-17(2)13-9(7-23)14(22(26)27)12(6-11(13)21-16(17)25)20-15(24)10-4-5-18-8-19-10/h4-6,8,13H,3H2,1-2H3,(H,20,24)(H,21,25). The smallest absolute Gasteiger partial charge is 0.307 e. The second kappa shape index (κ2) is 7.14. The van der Waals surface area contributed by atoms with Crippen molar-refractivity contribution in [1.82, 2.24) is 20.6 Å². The molecule has 2 N–H and O–H groups in total. The van der Waals surface area contributed by atoms with E-state index in [0.29, 0.717) is 0 Å². The third-order valence-corrected chi connectivity index (χ3v) is 4.47. The fraction of sp³-hybridized carbons (Fsp3) is 0.294. The van der Waals surface area contributed by atoms with Crippen LogP contribution in [0.25, 0.3) is 0 Å². The number of ether oxygens (including phenoxy) is 1. The van der Waals surface area contributed by atoms with Gasteiger partial charge in [0.15, 0.2) is 5.60 Å². The van der Waals surface area contributed by atoms with Crippen LogP contribution in [-0.4, -0.2) is 44.9 Å². The number of rotatable bonds is 5. The third-order valence-electron chi connectivity index (χ3n) is 4.47. The molecule has 1 aromatic heterocycles. The van der Waals surface area contributed by atoms with Crippen molar-refractivity contribution in [3.05, 3.63) is 63.1 Å². The Bertz CT molecular complexity index is 979. The van der Waals surface area contributed by atoms with Gasteiger partial charge in [-0.05, 0) is 26.0 Å². The highest BCUT2D eigenvalue weighted by Crippen LogP contribution is 2.44. The summed E-state index contributed by atoms with van der Waals surface area (Å²) in [6.45, 7) is 3.25. The summed E-state index contributed by atoms with van der Waals surface area (Å²) in [5.41, 5.74) is -2.67. The minimum Gasteiger partial charge on any atom is -0.365 e. The summed E-state index contributed by atoms with van der Waals surface area (Å²) >= 11 is 0.